The van der Waals surface area contributed by atoms with Crippen LogP contribution in [0, 0.1) is 11.7 Å². The molecule has 1 aromatic rings. The maximum Gasteiger partial charge on any atom is 0.325 e. The number of benzene rings is 1. The molecule has 2 N–H and O–H groups in total. The average Bonchev–Trinajstić information content (AvgIpc) is 2.95. The van der Waals surface area contributed by atoms with Gasteiger partial charge in [0.15, 0.2) is 0 Å². The summed E-state index contributed by atoms with van der Waals surface area (Å²) in [5.74, 6) is -0.374. The van der Waals surface area contributed by atoms with Crippen molar-refractivity contribution in [3.8, 4) is 0 Å². The van der Waals surface area contributed by atoms with Gasteiger partial charge in [0.25, 0.3) is 5.91 Å². The minimum absolute atomic E-state index is 0.0603. The van der Waals surface area contributed by atoms with Crippen molar-refractivity contribution in [2.45, 2.75) is 43.7 Å². The highest BCUT2D eigenvalue weighted by Gasteiger charge is 2.57. The molecule has 1 aromatic carbocycles. The first kappa shape index (κ1) is 18.4. The van der Waals surface area contributed by atoms with E-state index in [-0.39, 0.29) is 29.7 Å². The number of ether oxygens (including phenoxy) is 1. The van der Waals surface area contributed by atoms with Crippen LogP contribution in [0.1, 0.15) is 31.2 Å². The van der Waals surface area contributed by atoms with Crippen LogP contribution in [0.25, 0.3) is 0 Å². The molecule has 1 unspecified atom stereocenters. The first-order chi connectivity index (χ1) is 13.1. The molecule has 3 amide bonds. The van der Waals surface area contributed by atoms with Crippen molar-refractivity contribution >= 4 is 11.9 Å². The summed E-state index contributed by atoms with van der Waals surface area (Å²) in [4.78, 5) is 27.9. The Kier molecular flexibility index (Phi) is 5.14. The van der Waals surface area contributed by atoms with E-state index in [0.717, 1.165) is 31.5 Å². The summed E-state index contributed by atoms with van der Waals surface area (Å²) in [5, 5.41) is 6.40. The molecule has 3 fully saturated rings. The number of imide groups is 1. The fourth-order valence-corrected chi connectivity index (χ4v) is 4.67. The molecule has 0 spiro atoms. The third-order valence-electron chi connectivity index (χ3n) is 6.14. The number of nitrogens with zero attached hydrogens (tertiary/aromatic N) is 1. The van der Waals surface area contributed by atoms with E-state index in [1.54, 1.807) is 12.1 Å². The number of urea groups is 1. The topological polar surface area (TPSA) is 70.7 Å². The van der Waals surface area contributed by atoms with Gasteiger partial charge in [-0.05, 0) is 62.4 Å². The zero-order valence-electron chi connectivity index (χ0n) is 15.4. The third kappa shape index (κ3) is 3.46. The Labute approximate surface area is 158 Å². The van der Waals surface area contributed by atoms with Crippen LogP contribution in [-0.2, 0) is 16.0 Å². The van der Waals surface area contributed by atoms with Crippen molar-refractivity contribution in [1.29, 1.82) is 0 Å². The molecule has 0 saturated carbocycles. The minimum Gasteiger partial charge on any atom is -0.381 e. The Hall–Kier alpha value is -1.99. The van der Waals surface area contributed by atoms with Gasteiger partial charge in [0, 0.05) is 25.7 Å². The molecule has 3 aliphatic heterocycles. The fourth-order valence-electron chi connectivity index (χ4n) is 4.67. The number of rotatable bonds is 4. The van der Waals surface area contributed by atoms with Crippen LogP contribution < -0.4 is 10.6 Å². The molecular weight excluding hydrogens is 349 g/mol. The maximum atomic E-state index is 13.6. The molecule has 1 atom stereocenters. The molecule has 3 saturated heterocycles. The van der Waals surface area contributed by atoms with E-state index in [2.05, 4.69) is 10.6 Å². The van der Waals surface area contributed by atoms with Crippen molar-refractivity contribution < 1.29 is 18.7 Å². The quantitative estimate of drug-likeness (QED) is 0.788. The van der Waals surface area contributed by atoms with Gasteiger partial charge < -0.3 is 15.4 Å². The van der Waals surface area contributed by atoms with Crippen molar-refractivity contribution in [3.05, 3.63) is 35.6 Å². The van der Waals surface area contributed by atoms with Gasteiger partial charge in [-0.15, -0.1) is 0 Å². The first-order valence-corrected chi connectivity index (χ1v) is 9.79. The molecule has 0 radical (unpaired) electrons. The number of carbonyl (C=O) groups is 2. The van der Waals surface area contributed by atoms with Crippen LogP contribution >= 0.6 is 0 Å². The molecule has 3 aliphatic rings. The van der Waals surface area contributed by atoms with Crippen molar-refractivity contribution in [1.82, 2.24) is 15.5 Å². The van der Waals surface area contributed by atoms with E-state index in [1.807, 2.05) is 0 Å². The van der Waals surface area contributed by atoms with Gasteiger partial charge in [-0.3, -0.25) is 9.69 Å². The van der Waals surface area contributed by atoms with Crippen molar-refractivity contribution in [3.63, 3.8) is 0 Å². The molecular formula is C20H26FN3O3. The van der Waals surface area contributed by atoms with Crippen LogP contribution in [-0.4, -0.2) is 54.7 Å². The summed E-state index contributed by atoms with van der Waals surface area (Å²) in [5.41, 5.74) is -0.0904. The molecule has 146 valence electrons. The molecule has 4 rings (SSSR count). The summed E-state index contributed by atoms with van der Waals surface area (Å²) in [6, 6.07) is 5.81. The van der Waals surface area contributed by atoms with Gasteiger partial charge >= 0.3 is 6.03 Å². The van der Waals surface area contributed by atoms with E-state index < -0.39 is 5.54 Å². The zero-order chi connectivity index (χ0) is 18.9. The molecule has 0 aromatic heterocycles. The van der Waals surface area contributed by atoms with E-state index in [1.165, 1.54) is 17.0 Å². The Morgan fingerprint density at radius 2 is 1.74 bits per heavy atom. The zero-order valence-corrected chi connectivity index (χ0v) is 15.4. The lowest BCUT2D eigenvalue weighted by atomic mass is 9.74. The molecule has 3 heterocycles. The fraction of sp³-hybridized carbons (Fsp3) is 0.600. The van der Waals surface area contributed by atoms with Gasteiger partial charge in [0.1, 0.15) is 11.4 Å². The SMILES string of the molecule is O=C1NC(Cc2ccc(F)cc2)(C2CCNCC2)C(=O)N1C1CCOCC1. The maximum absolute atomic E-state index is 13.6. The van der Waals surface area contributed by atoms with Crippen LogP contribution in [0.2, 0.25) is 0 Å². The number of amides is 3. The van der Waals surface area contributed by atoms with Crippen LogP contribution in [0.3, 0.4) is 0 Å². The smallest absolute Gasteiger partial charge is 0.325 e. The van der Waals surface area contributed by atoms with E-state index in [4.69, 9.17) is 4.74 Å². The number of piperidine rings is 1. The number of hydrogen-bond donors (Lipinski definition) is 2. The van der Waals surface area contributed by atoms with E-state index >= 15 is 0 Å². The third-order valence-corrected chi connectivity index (χ3v) is 6.14. The van der Waals surface area contributed by atoms with Crippen LogP contribution in [0.15, 0.2) is 24.3 Å². The molecule has 6 nitrogen and oxygen atoms in total. The molecule has 7 heteroatoms. The largest absolute Gasteiger partial charge is 0.381 e. The van der Waals surface area contributed by atoms with Crippen molar-refractivity contribution in [2.24, 2.45) is 5.92 Å². The van der Waals surface area contributed by atoms with Gasteiger partial charge in [0.2, 0.25) is 0 Å². The molecule has 27 heavy (non-hydrogen) atoms. The Morgan fingerprint density at radius 1 is 1.07 bits per heavy atom. The monoisotopic (exact) mass is 375 g/mol. The normalized spacial score (nSPS) is 27.8. The summed E-state index contributed by atoms with van der Waals surface area (Å²) in [6.07, 6.45) is 3.40. The average molecular weight is 375 g/mol. The Morgan fingerprint density at radius 3 is 2.41 bits per heavy atom. The highest BCUT2D eigenvalue weighted by atomic mass is 19.1. The second kappa shape index (κ2) is 7.56. The first-order valence-electron chi connectivity index (χ1n) is 9.79. The van der Waals surface area contributed by atoms with E-state index in [9.17, 15) is 14.0 Å². The van der Waals surface area contributed by atoms with E-state index in [0.29, 0.717) is 32.5 Å². The summed E-state index contributed by atoms with van der Waals surface area (Å²) in [7, 11) is 0. The van der Waals surface area contributed by atoms with Gasteiger partial charge in [-0.1, -0.05) is 12.1 Å². The highest BCUT2D eigenvalue weighted by molar-refractivity contribution is 6.07. The standard InChI is InChI=1S/C20H26FN3O3/c21-16-3-1-14(2-4-16)13-20(15-5-9-22-10-6-15)18(25)24(19(26)23-20)17-7-11-27-12-8-17/h1-4,15,17,22H,5-13H2,(H,23,26). The number of halogens is 1. The van der Waals surface area contributed by atoms with Crippen LogP contribution in [0.4, 0.5) is 9.18 Å². The van der Waals surface area contributed by atoms with Gasteiger partial charge in [0.05, 0.1) is 0 Å². The minimum atomic E-state index is -0.949. The lowest BCUT2D eigenvalue weighted by Crippen LogP contribution is -2.57. The Balaban J connectivity index is 1.66. The lowest BCUT2D eigenvalue weighted by Gasteiger charge is -2.38. The predicted molar refractivity (Wildman–Crippen MR) is 97.6 cm³/mol. The lowest BCUT2D eigenvalue weighted by molar-refractivity contribution is -0.136. The summed E-state index contributed by atoms with van der Waals surface area (Å²) < 4.78 is 18.7. The second-order valence-corrected chi connectivity index (χ2v) is 7.75. The van der Waals surface area contributed by atoms with Gasteiger partial charge in [-0.25, -0.2) is 9.18 Å². The molecule has 0 aliphatic carbocycles. The number of hydrogen-bond acceptors (Lipinski definition) is 4. The number of nitrogens with one attached hydrogen (secondary N) is 2. The van der Waals surface area contributed by atoms with Gasteiger partial charge in [-0.2, -0.15) is 0 Å². The highest BCUT2D eigenvalue weighted by Crippen LogP contribution is 2.37. The molecule has 0 bridgehead atoms. The second-order valence-electron chi connectivity index (χ2n) is 7.75. The predicted octanol–water partition coefficient (Wildman–Crippen LogP) is 1.84. The van der Waals surface area contributed by atoms with Crippen LogP contribution in [0.5, 0.6) is 0 Å². The van der Waals surface area contributed by atoms with Crippen molar-refractivity contribution in [2.75, 3.05) is 26.3 Å². The summed E-state index contributed by atoms with van der Waals surface area (Å²) in [6.45, 7) is 2.80. The number of carbonyl (C=O) groups excluding carboxylic acids is 2. The summed E-state index contributed by atoms with van der Waals surface area (Å²) >= 11 is 0. The Bertz CT molecular complexity index is 699.